The van der Waals surface area contributed by atoms with Crippen LogP contribution < -0.4 is 0 Å². The molecule has 7 nitrogen and oxygen atoms in total. The molecule has 1 spiro atoms. The summed E-state index contributed by atoms with van der Waals surface area (Å²) in [5.41, 5.74) is -0.260. The summed E-state index contributed by atoms with van der Waals surface area (Å²) in [4.78, 5) is 14.8. The van der Waals surface area contributed by atoms with Gasteiger partial charge in [-0.05, 0) is 66.7 Å². The molecule has 0 bridgehead atoms. The molecular formula is C24H39NO6. The molecule has 4 fully saturated rings. The van der Waals surface area contributed by atoms with Crippen molar-refractivity contribution in [1.82, 2.24) is 4.90 Å². The number of nitrogens with zero attached hydrogens (tertiary/aromatic N) is 1. The first kappa shape index (κ1) is 23.0. The Morgan fingerprint density at radius 1 is 1.32 bits per heavy atom. The third kappa shape index (κ3) is 4.26. The largest absolute Gasteiger partial charge is 0.443 e. The Hall–Kier alpha value is -1.15. The quantitative estimate of drug-likeness (QED) is 0.506. The highest BCUT2D eigenvalue weighted by molar-refractivity contribution is 5.69. The molecule has 1 aliphatic carbocycles. The van der Waals surface area contributed by atoms with Crippen molar-refractivity contribution in [2.24, 2.45) is 5.92 Å². The van der Waals surface area contributed by atoms with Crippen LogP contribution in [0.5, 0.6) is 0 Å². The van der Waals surface area contributed by atoms with Crippen LogP contribution >= 0.6 is 0 Å². The third-order valence-corrected chi connectivity index (χ3v) is 7.79. The van der Waals surface area contributed by atoms with E-state index in [0.717, 1.165) is 25.7 Å². The number of ether oxygens (including phenoxy) is 4. The predicted molar refractivity (Wildman–Crippen MR) is 116 cm³/mol. The smallest absolute Gasteiger partial charge is 0.410 e. The molecular weight excluding hydrogens is 398 g/mol. The van der Waals surface area contributed by atoms with E-state index in [0.29, 0.717) is 19.6 Å². The fourth-order valence-corrected chi connectivity index (χ4v) is 5.99. The van der Waals surface area contributed by atoms with Gasteiger partial charge in [0.1, 0.15) is 23.4 Å². The number of aliphatic hydroxyl groups is 1. The summed E-state index contributed by atoms with van der Waals surface area (Å²) in [6, 6.07) is -0.226. The number of methoxy groups -OCH3 is 1. The zero-order valence-corrected chi connectivity index (χ0v) is 19.8. The minimum atomic E-state index is -0.954. The second kappa shape index (κ2) is 8.01. The molecule has 7 heteroatoms. The van der Waals surface area contributed by atoms with Crippen LogP contribution in [0.1, 0.15) is 66.7 Å². The molecule has 0 radical (unpaired) electrons. The van der Waals surface area contributed by atoms with Crippen molar-refractivity contribution in [1.29, 1.82) is 0 Å². The van der Waals surface area contributed by atoms with Gasteiger partial charge in [0, 0.05) is 13.7 Å². The Balaban J connectivity index is 1.49. The van der Waals surface area contributed by atoms with E-state index in [2.05, 4.69) is 26.8 Å². The average Bonchev–Trinajstić information content (AvgIpc) is 3.52. The predicted octanol–water partition coefficient (Wildman–Crippen LogP) is 3.43. The summed E-state index contributed by atoms with van der Waals surface area (Å²) in [7, 11) is 1.69. The standard InChI is InChI=1S/C24H39NO6/c1-15(2)9-10-18-23(5,31-18)20-19(28-6)16(11-12-24(20)14-29-24)30-21(26)25-13-7-8-17(25)22(3,4)27/h9,16-20,27H,7-8,10-14H2,1-6H3/t16-,17?,18-,19-,20-,23+,24?/m1/s1. The number of allylic oxidation sites excluding steroid dienone is 1. The van der Waals surface area contributed by atoms with Crippen molar-refractivity contribution < 1.29 is 28.8 Å². The number of carbonyl (C=O) groups excluding carboxylic acids is 1. The molecule has 4 rings (SSSR count). The lowest BCUT2D eigenvalue weighted by Crippen LogP contribution is -2.57. The number of carbonyl (C=O) groups is 1. The Morgan fingerprint density at radius 2 is 2.03 bits per heavy atom. The van der Waals surface area contributed by atoms with Crippen LogP contribution in [0.25, 0.3) is 0 Å². The average molecular weight is 438 g/mol. The molecule has 2 unspecified atom stereocenters. The Morgan fingerprint density at radius 3 is 2.61 bits per heavy atom. The van der Waals surface area contributed by atoms with E-state index in [1.165, 1.54) is 5.57 Å². The van der Waals surface area contributed by atoms with Gasteiger partial charge >= 0.3 is 6.09 Å². The molecule has 3 aliphatic heterocycles. The summed E-state index contributed by atoms with van der Waals surface area (Å²) in [5, 5.41) is 10.5. The molecule has 31 heavy (non-hydrogen) atoms. The maximum Gasteiger partial charge on any atom is 0.410 e. The van der Waals surface area contributed by atoms with Crippen LogP contribution in [0.15, 0.2) is 11.6 Å². The van der Waals surface area contributed by atoms with Gasteiger partial charge < -0.3 is 29.0 Å². The second-order valence-electron chi connectivity index (χ2n) is 10.8. The summed E-state index contributed by atoms with van der Waals surface area (Å²) < 4.78 is 24.2. The SMILES string of the molecule is CO[C@@H]1[C@H](OC(=O)N2CCCC2C(C)(C)O)CCC2(CO2)[C@H]1[C@@]1(C)O[C@@H]1CC=C(C)C. The topological polar surface area (TPSA) is 84.1 Å². The number of hydrogen-bond donors (Lipinski definition) is 1. The molecule has 4 aliphatic rings. The van der Waals surface area contributed by atoms with Crippen LogP contribution in [0.2, 0.25) is 0 Å². The van der Waals surface area contributed by atoms with Crippen LogP contribution in [-0.2, 0) is 18.9 Å². The zero-order valence-electron chi connectivity index (χ0n) is 19.8. The molecule has 0 aromatic carbocycles. The van der Waals surface area contributed by atoms with E-state index in [9.17, 15) is 9.90 Å². The van der Waals surface area contributed by atoms with Crippen molar-refractivity contribution in [2.75, 3.05) is 20.3 Å². The van der Waals surface area contributed by atoms with Crippen molar-refractivity contribution in [2.45, 2.75) is 108 Å². The van der Waals surface area contributed by atoms with Crippen molar-refractivity contribution in [3.8, 4) is 0 Å². The zero-order chi connectivity index (χ0) is 22.6. The van der Waals surface area contributed by atoms with Gasteiger partial charge in [-0.25, -0.2) is 4.79 Å². The molecule has 0 aromatic heterocycles. The first-order valence-corrected chi connectivity index (χ1v) is 11.7. The van der Waals surface area contributed by atoms with Gasteiger partial charge in [-0.2, -0.15) is 0 Å². The number of hydrogen-bond acceptors (Lipinski definition) is 6. The number of epoxide rings is 2. The lowest BCUT2D eigenvalue weighted by atomic mass is 9.68. The normalized spacial score (nSPS) is 41.9. The monoisotopic (exact) mass is 437 g/mol. The van der Waals surface area contributed by atoms with Crippen molar-refractivity contribution in [3.63, 3.8) is 0 Å². The van der Waals surface area contributed by atoms with E-state index in [1.807, 2.05) is 0 Å². The van der Waals surface area contributed by atoms with Gasteiger partial charge in [0.15, 0.2) is 0 Å². The Labute approximate surface area is 186 Å². The van der Waals surface area contributed by atoms with Gasteiger partial charge in [-0.3, -0.25) is 0 Å². The van der Waals surface area contributed by atoms with Crippen LogP contribution in [0.3, 0.4) is 0 Å². The number of likely N-dealkylation sites (tertiary alicyclic amines) is 1. The lowest BCUT2D eigenvalue weighted by molar-refractivity contribution is -0.124. The first-order valence-electron chi connectivity index (χ1n) is 11.7. The van der Waals surface area contributed by atoms with Crippen molar-refractivity contribution >= 4 is 6.09 Å². The minimum absolute atomic E-state index is 0.00997. The molecule has 3 saturated heterocycles. The summed E-state index contributed by atoms with van der Waals surface area (Å²) in [6.45, 7) is 11.2. The number of rotatable bonds is 6. The van der Waals surface area contributed by atoms with Crippen LogP contribution in [0, 0.1) is 5.92 Å². The fourth-order valence-electron chi connectivity index (χ4n) is 5.99. The fraction of sp³-hybridized carbons (Fsp3) is 0.875. The lowest BCUT2D eigenvalue weighted by Gasteiger charge is -2.43. The maximum atomic E-state index is 13.1. The molecule has 1 amide bonds. The van der Waals surface area contributed by atoms with Gasteiger partial charge in [0.25, 0.3) is 0 Å². The molecule has 3 heterocycles. The highest BCUT2D eigenvalue weighted by Crippen LogP contribution is 2.59. The summed E-state index contributed by atoms with van der Waals surface area (Å²) in [6.07, 6.45) is 5.40. The van der Waals surface area contributed by atoms with E-state index >= 15 is 0 Å². The Kier molecular flexibility index (Phi) is 5.95. The van der Waals surface area contributed by atoms with Gasteiger partial charge in [-0.15, -0.1) is 0 Å². The van der Waals surface area contributed by atoms with Gasteiger partial charge in [0.05, 0.1) is 30.3 Å². The summed E-state index contributed by atoms with van der Waals surface area (Å²) >= 11 is 0. The molecule has 1 N–H and O–H groups in total. The summed E-state index contributed by atoms with van der Waals surface area (Å²) in [5.74, 6) is 0.00997. The van der Waals surface area contributed by atoms with Crippen molar-refractivity contribution in [3.05, 3.63) is 11.6 Å². The van der Waals surface area contributed by atoms with E-state index in [4.69, 9.17) is 18.9 Å². The minimum Gasteiger partial charge on any atom is -0.443 e. The van der Waals surface area contributed by atoms with Crippen LogP contribution in [-0.4, -0.2) is 77.5 Å². The van der Waals surface area contributed by atoms with E-state index in [-0.39, 0.29) is 47.6 Å². The highest BCUT2D eigenvalue weighted by Gasteiger charge is 2.72. The van der Waals surface area contributed by atoms with Crippen LogP contribution in [0.4, 0.5) is 4.79 Å². The molecule has 0 aromatic rings. The maximum absolute atomic E-state index is 13.1. The van der Waals surface area contributed by atoms with Gasteiger partial charge in [-0.1, -0.05) is 11.6 Å². The molecule has 7 atom stereocenters. The first-order chi connectivity index (χ1) is 14.5. The number of amides is 1. The second-order valence-corrected chi connectivity index (χ2v) is 10.8. The van der Waals surface area contributed by atoms with E-state index in [1.54, 1.807) is 25.9 Å². The highest BCUT2D eigenvalue weighted by atomic mass is 16.6. The molecule has 1 saturated carbocycles. The van der Waals surface area contributed by atoms with Gasteiger partial charge in [0.2, 0.25) is 0 Å². The molecule has 176 valence electrons. The Bertz CT molecular complexity index is 722. The van der Waals surface area contributed by atoms with E-state index < -0.39 is 5.60 Å². The third-order valence-electron chi connectivity index (χ3n) is 7.79.